The van der Waals surface area contributed by atoms with Gasteiger partial charge < -0.3 is 0 Å². The van der Waals surface area contributed by atoms with Crippen LogP contribution < -0.4 is 0 Å². The van der Waals surface area contributed by atoms with Crippen LogP contribution in [-0.4, -0.2) is 70.1 Å². The molecule has 0 N–H and O–H groups in total. The highest BCUT2D eigenvalue weighted by atomic mass is 31.2. The highest BCUT2D eigenvalue weighted by molar-refractivity contribution is 7.62. The number of hydrogen-bond acceptors (Lipinski definition) is 3. The molecule has 0 unspecified atom stereocenters. The van der Waals surface area contributed by atoms with Crippen molar-refractivity contribution in [3.8, 4) is 0 Å². The van der Waals surface area contributed by atoms with E-state index in [1.807, 2.05) is 6.07 Å². The maximum absolute atomic E-state index is 5.30. The summed E-state index contributed by atoms with van der Waals surface area (Å²) >= 11 is 0. The molecule has 5 heteroatoms. The second-order valence-corrected chi connectivity index (χ2v) is 9.75. The van der Waals surface area contributed by atoms with Crippen molar-refractivity contribution in [2.75, 3.05) is 55.6 Å². The van der Waals surface area contributed by atoms with Crippen molar-refractivity contribution in [1.82, 2.24) is 14.5 Å². The summed E-state index contributed by atoms with van der Waals surface area (Å²) in [6, 6.07) is 10.5. The molecule has 0 saturated heterocycles. The standard InChI is InChI=1S/C15H29N4P/c1-17(2)15(18(3)4,14-12-10-9-11-13-14)16-20(7,8)19(5)6/h9-13H,1-8H3. The summed E-state index contributed by atoms with van der Waals surface area (Å²) in [7, 11) is 11.0. The van der Waals surface area contributed by atoms with E-state index in [2.05, 4.69) is 94.4 Å². The maximum Gasteiger partial charge on any atom is 0.195 e. The monoisotopic (exact) mass is 296 g/mol. The van der Waals surface area contributed by atoms with Gasteiger partial charge in [-0.1, -0.05) is 30.3 Å². The second-order valence-electron chi connectivity index (χ2n) is 6.07. The quantitative estimate of drug-likeness (QED) is 0.616. The van der Waals surface area contributed by atoms with Crippen LogP contribution in [0.5, 0.6) is 0 Å². The van der Waals surface area contributed by atoms with E-state index < -0.39 is 13.0 Å². The molecule has 20 heavy (non-hydrogen) atoms. The fourth-order valence-electron chi connectivity index (χ4n) is 2.25. The topological polar surface area (TPSA) is 22.1 Å². The first-order chi connectivity index (χ1) is 9.14. The third kappa shape index (κ3) is 3.32. The van der Waals surface area contributed by atoms with E-state index >= 15 is 0 Å². The Kier molecular flexibility index (Phi) is 5.56. The Balaban J connectivity index is 3.59. The molecule has 0 saturated carbocycles. The molecule has 0 heterocycles. The molecule has 0 aliphatic heterocycles. The van der Waals surface area contributed by atoms with Gasteiger partial charge in [-0.05, 0) is 55.6 Å². The number of rotatable bonds is 5. The predicted molar refractivity (Wildman–Crippen MR) is 90.4 cm³/mol. The molecule has 0 amide bonds. The minimum atomic E-state index is -1.53. The molecule has 0 fully saturated rings. The van der Waals surface area contributed by atoms with Crippen molar-refractivity contribution in [1.29, 1.82) is 0 Å². The zero-order chi connectivity index (χ0) is 15.6. The Hall–Kier alpha value is -0.670. The Morgan fingerprint density at radius 1 is 0.850 bits per heavy atom. The van der Waals surface area contributed by atoms with Crippen LogP contribution in [0.3, 0.4) is 0 Å². The van der Waals surface area contributed by atoms with E-state index in [1.165, 1.54) is 5.56 Å². The summed E-state index contributed by atoms with van der Waals surface area (Å²) in [6.07, 6.45) is 0. The second kappa shape index (κ2) is 6.40. The first-order valence-electron chi connectivity index (χ1n) is 6.81. The number of hydrogen-bond donors (Lipinski definition) is 0. The van der Waals surface area contributed by atoms with Crippen LogP contribution >= 0.6 is 7.21 Å². The average molecular weight is 296 g/mol. The highest BCUT2D eigenvalue weighted by Gasteiger charge is 2.38. The molecule has 0 bridgehead atoms. The van der Waals surface area contributed by atoms with E-state index in [0.29, 0.717) is 0 Å². The van der Waals surface area contributed by atoms with Crippen molar-refractivity contribution in [2.45, 2.75) is 5.79 Å². The SMILES string of the molecule is CN(C)C(N=P(C)(C)N(C)C)(c1ccccc1)N(C)C. The summed E-state index contributed by atoms with van der Waals surface area (Å²) in [4.78, 5) is 4.38. The minimum absolute atomic E-state index is 0.442. The van der Waals surface area contributed by atoms with Crippen LogP contribution in [-0.2, 0) is 5.79 Å². The van der Waals surface area contributed by atoms with E-state index in [9.17, 15) is 0 Å². The van der Waals surface area contributed by atoms with E-state index in [0.717, 1.165) is 0 Å². The zero-order valence-electron chi connectivity index (χ0n) is 14.1. The van der Waals surface area contributed by atoms with Crippen LogP contribution in [0.2, 0.25) is 0 Å². The summed E-state index contributed by atoms with van der Waals surface area (Å²) in [5.74, 6) is -0.442. The molecule has 0 aliphatic rings. The van der Waals surface area contributed by atoms with E-state index in [-0.39, 0.29) is 0 Å². The lowest BCUT2D eigenvalue weighted by Gasteiger charge is -2.44. The molecule has 1 aromatic carbocycles. The van der Waals surface area contributed by atoms with Crippen molar-refractivity contribution >= 4 is 7.21 Å². The summed E-state index contributed by atoms with van der Waals surface area (Å²) < 4.78 is 7.55. The van der Waals surface area contributed by atoms with Gasteiger partial charge in [-0.15, -0.1) is 0 Å². The van der Waals surface area contributed by atoms with Crippen molar-refractivity contribution in [2.24, 2.45) is 4.74 Å². The van der Waals surface area contributed by atoms with Crippen LogP contribution in [0.1, 0.15) is 5.56 Å². The van der Waals surface area contributed by atoms with Gasteiger partial charge in [0.25, 0.3) is 0 Å². The Bertz CT molecular complexity index is 466. The lowest BCUT2D eigenvalue weighted by Crippen LogP contribution is -2.51. The predicted octanol–water partition coefficient (Wildman–Crippen LogP) is 2.86. The minimum Gasteiger partial charge on any atom is -0.276 e. The van der Waals surface area contributed by atoms with Gasteiger partial charge >= 0.3 is 0 Å². The third-order valence-electron chi connectivity index (χ3n) is 3.77. The molecule has 1 rings (SSSR count). The molecule has 4 nitrogen and oxygen atoms in total. The van der Waals surface area contributed by atoms with Crippen molar-refractivity contribution < 1.29 is 0 Å². The molecular formula is C15H29N4P. The number of benzene rings is 1. The van der Waals surface area contributed by atoms with Crippen LogP contribution in [0.4, 0.5) is 0 Å². The van der Waals surface area contributed by atoms with Crippen LogP contribution in [0.25, 0.3) is 0 Å². The molecule has 114 valence electrons. The van der Waals surface area contributed by atoms with Gasteiger partial charge in [0, 0.05) is 12.8 Å². The summed E-state index contributed by atoms with van der Waals surface area (Å²) in [5, 5.41) is 0. The molecule has 1 aromatic rings. The van der Waals surface area contributed by atoms with Gasteiger partial charge in [0.15, 0.2) is 5.79 Å². The molecular weight excluding hydrogens is 267 g/mol. The number of nitrogens with zero attached hydrogens (tertiary/aromatic N) is 4. The van der Waals surface area contributed by atoms with E-state index in [4.69, 9.17) is 4.74 Å². The summed E-state index contributed by atoms with van der Waals surface area (Å²) in [6.45, 7) is 4.50. The average Bonchev–Trinajstić information content (AvgIpc) is 2.36. The van der Waals surface area contributed by atoms with Gasteiger partial charge in [-0.25, -0.2) is 4.74 Å². The lowest BCUT2D eigenvalue weighted by molar-refractivity contribution is 0.00878. The zero-order valence-corrected chi connectivity index (χ0v) is 15.0. The molecule has 0 spiro atoms. The third-order valence-corrected chi connectivity index (χ3v) is 6.50. The van der Waals surface area contributed by atoms with E-state index in [1.54, 1.807) is 0 Å². The fraction of sp³-hybridized carbons (Fsp3) is 0.600. The summed E-state index contributed by atoms with van der Waals surface area (Å²) in [5.41, 5.74) is 1.20. The van der Waals surface area contributed by atoms with Crippen LogP contribution in [0.15, 0.2) is 35.1 Å². The van der Waals surface area contributed by atoms with Crippen molar-refractivity contribution in [3.63, 3.8) is 0 Å². The molecule has 0 atom stereocenters. The Morgan fingerprint density at radius 3 is 1.65 bits per heavy atom. The normalized spacial score (nSPS) is 13.3. The smallest absolute Gasteiger partial charge is 0.195 e. The lowest BCUT2D eigenvalue weighted by atomic mass is 10.1. The first kappa shape index (κ1) is 17.4. The maximum atomic E-state index is 5.30. The van der Waals surface area contributed by atoms with Gasteiger partial charge in [-0.3, -0.25) is 14.5 Å². The molecule has 0 radical (unpaired) electrons. The van der Waals surface area contributed by atoms with Crippen LogP contribution in [0, 0.1) is 0 Å². The highest BCUT2D eigenvalue weighted by Crippen LogP contribution is 2.49. The van der Waals surface area contributed by atoms with Gasteiger partial charge in [0.1, 0.15) is 0 Å². The Labute approximate surface area is 124 Å². The largest absolute Gasteiger partial charge is 0.276 e. The Morgan fingerprint density at radius 2 is 1.30 bits per heavy atom. The molecule has 0 aromatic heterocycles. The first-order valence-corrected chi connectivity index (χ1v) is 9.40. The van der Waals surface area contributed by atoms with Gasteiger partial charge in [-0.2, -0.15) is 0 Å². The van der Waals surface area contributed by atoms with Crippen molar-refractivity contribution in [3.05, 3.63) is 35.9 Å². The van der Waals surface area contributed by atoms with Gasteiger partial charge in [0.2, 0.25) is 0 Å². The fourth-order valence-corrected chi connectivity index (χ4v) is 3.58. The molecule has 0 aliphatic carbocycles. The van der Waals surface area contributed by atoms with Gasteiger partial charge in [0.05, 0.1) is 0 Å².